The van der Waals surface area contributed by atoms with Gasteiger partial charge < -0.3 is 10.6 Å². The molecule has 1 atom stereocenters. The second-order valence-electron chi connectivity index (χ2n) is 5.85. The molecule has 1 unspecified atom stereocenters. The van der Waals surface area contributed by atoms with Crippen LogP contribution in [0, 0.1) is 0 Å². The zero-order valence-corrected chi connectivity index (χ0v) is 14.7. The molecule has 3 aromatic rings. The number of halogens is 1. The molecule has 0 amide bonds. The highest BCUT2D eigenvalue weighted by atomic mass is 35.5. The Hall–Kier alpha value is -1.73. The highest BCUT2D eigenvalue weighted by Gasteiger charge is 2.24. The summed E-state index contributed by atoms with van der Waals surface area (Å²) in [6.45, 7) is 3.62. The number of hydrogen-bond acceptors (Lipinski definition) is 6. The van der Waals surface area contributed by atoms with Crippen molar-refractivity contribution in [1.29, 1.82) is 0 Å². The number of rotatable bonds is 3. The molecule has 4 rings (SSSR count). The Morgan fingerprint density at radius 3 is 2.54 bits per heavy atom. The lowest BCUT2D eigenvalue weighted by Gasteiger charge is -2.38. The summed E-state index contributed by atoms with van der Waals surface area (Å²) in [5.41, 5.74) is 8.53. The van der Waals surface area contributed by atoms with Crippen LogP contribution in [0.5, 0.6) is 0 Å². The molecule has 0 radical (unpaired) electrons. The molecular formula is C17H18ClN5S. The molecule has 0 saturated carbocycles. The fraction of sp³-hybridized carbons (Fsp3) is 0.294. The molecule has 5 nitrogen and oxygen atoms in total. The Morgan fingerprint density at radius 2 is 1.79 bits per heavy atom. The van der Waals surface area contributed by atoms with Crippen molar-refractivity contribution in [3.63, 3.8) is 0 Å². The standard InChI is InChI=1S/C17H18ClN5S/c18-13-3-1-12(2-4-13)16(19)22-6-8-23(9-7-22)17-15-14(5-10-24-15)20-11-21-17/h1-5,10-11,16H,6-9,19H2. The van der Waals surface area contributed by atoms with Gasteiger partial charge in [0.05, 0.1) is 16.4 Å². The molecule has 2 aromatic heterocycles. The van der Waals surface area contributed by atoms with Gasteiger partial charge in [-0.2, -0.15) is 0 Å². The van der Waals surface area contributed by atoms with Gasteiger partial charge in [-0.1, -0.05) is 23.7 Å². The van der Waals surface area contributed by atoms with Gasteiger partial charge >= 0.3 is 0 Å². The number of nitrogens with zero attached hydrogens (tertiary/aromatic N) is 4. The number of aromatic nitrogens is 2. The summed E-state index contributed by atoms with van der Waals surface area (Å²) in [6, 6.07) is 9.82. The molecule has 7 heteroatoms. The van der Waals surface area contributed by atoms with Crippen molar-refractivity contribution in [2.45, 2.75) is 6.17 Å². The minimum atomic E-state index is -0.100. The van der Waals surface area contributed by atoms with Gasteiger partial charge in [0.1, 0.15) is 12.1 Å². The second kappa shape index (κ2) is 6.64. The summed E-state index contributed by atoms with van der Waals surface area (Å²) in [4.78, 5) is 13.4. The first-order valence-electron chi connectivity index (χ1n) is 7.90. The summed E-state index contributed by atoms with van der Waals surface area (Å²) in [5.74, 6) is 1.04. The maximum atomic E-state index is 6.42. The molecule has 2 N–H and O–H groups in total. The molecule has 24 heavy (non-hydrogen) atoms. The zero-order valence-electron chi connectivity index (χ0n) is 13.1. The van der Waals surface area contributed by atoms with E-state index in [1.807, 2.05) is 30.3 Å². The lowest BCUT2D eigenvalue weighted by atomic mass is 10.1. The Kier molecular flexibility index (Phi) is 4.37. The van der Waals surface area contributed by atoms with Crippen LogP contribution in [0.4, 0.5) is 5.82 Å². The Bertz CT molecular complexity index is 826. The Labute approximate surface area is 149 Å². The summed E-state index contributed by atoms with van der Waals surface area (Å²) < 4.78 is 1.16. The van der Waals surface area contributed by atoms with Crippen LogP contribution in [0.15, 0.2) is 42.0 Å². The van der Waals surface area contributed by atoms with Gasteiger partial charge in [0.15, 0.2) is 0 Å². The number of anilines is 1. The van der Waals surface area contributed by atoms with E-state index in [0.717, 1.165) is 52.8 Å². The van der Waals surface area contributed by atoms with Crippen LogP contribution in [-0.4, -0.2) is 41.0 Å². The normalized spacial score (nSPS) is 17.3. The average molecular weight is 360 g/mol. The molecule has 0 aliphatic carbocycles. The Balaban J connectivity index is 1.47. The molecule has 1 fully saturated rings. The Morgan fingerprint density at radius 1 is 1.04 bits per heavy atom. The van der Waals surface area contributed by atoms with Gasteiger partial charge in [-0.3, -0.25) is 4.90 Å². The van der Waals surface area contributed by atoms with Gasteiger partial charge in [0, 0.05) is 31.2 Å². The number of thiophene rings is 1. The van der Waals surface area contributed by atoms with Crippen molar-refractivity contribution >= 4 is 39.0 Å². The van der Waals surface area contributed by atoms with Crippen molar-refractivity contribution in [2.75, 3.05) is 31.1 Å². The average Bonchev–Trinajstić information content (AvgIpc) is 3.11. The molecule has 1 aliphatic heterocycles. The lowest BCUT2D eigenvalue weighted by molar-refractivity contribution is 0.189. The monoisotopic (exact) mass is 359 g/mol. The maximum Gasteiger partial charge on any atom is 0.150 e. The van der Waals surface area contributed by atoms with Gasteiger partial charge in [-0.25, -0.2) is 9.97 Å². The van der Waals surface area contributed by atoms with Crippen molar-refractivity contribution in [1.82, 2.24) is 14.9 Å². The number of piperazine rings is 1. The molecule has 124 valence electrons. The van der Waals surface area contributed by atoms with Crippen molar-refractivity contribution in [2.24, 2.45) is 5.73 Å². The molecule has 1 aliphatic rings. The third-order valence-corrected chi connectivity index (χ3v) is 5.59. The van der Waals surface area contributed by atoms with E-state index in [2.05, 4.69) is 25.1 Å². The van der Waals surface area contributed by atoms with Gasteiger partial charge in [-0.05, 0) is 29.1 Å². The van der Waals surface area contributed by atoms with Gasteiger partial charge in [-0.15, -0.1) is 11.3 Å². The predicted octanol–water partition coefficient (Wildman–Crippen LogP) is 3.12. The number of hydrogen-bond donors (Lipinski definition) is 1. The third kappa shape index (κ3) is 2.98. The van der Waals surface area contributed by atoms with Gasteiger partial charge in [0.2, 0.25) is 0 Å². The van der Waals surface area contributed by atoms with Crippen LogP contribution in [-0.2, 0) is 0 Å². The first-order chi connectivity index (χ1) is 11.7. The smallest absolute Gasteiger partial charge is 0.150 e. The van der Waals surface area contributed by atoms with E-state index in [9.17, 15) is 0 Å². The van der Waals surface area contributed by atoms with Crippen molar-refractivity contribution in [3.05, 3.63) is 52.6 Å². The second-order valence-corrected chi connectivity index (χ2v) is 7.20. The van der Waals surface area contributed by atoms with E-state index in [1.165, 1.54) is 0 Å². The highest BCUT2D eigenvalue weighted by Crippen LogP contribution is 2.29. The van der Waals surface area contributed by atoms with E-state index in [-0.39, 0.29) is 6.17 Å². The van der Waals surface area contributed by atoms with Crippen molar-refractivity contribution in [3.8, 4) is 0 Å². The van der Waals surface area contributed by atoms with E-state index in [4.69, 9.17) is 17.3 Å². The molecule has 0 bridgehead atoms. The predicted molar refractivity (Wildman–Crippen MR) is 99.6 cm³/mol. The SMILES string of the molecule is NC(c1ccc(Cl)cc1)N1CCN(c2ncnc3ccsc23)CC1. The van der Waals surface area contributed by atoms with E-state index < -0.39 is 0 Å². The number of fused-ring (bicyclic) bond motifs is 1. The summed E-state index contributed by atoms with van der Waals surface area (Å²) in [6.07, 6.45) is 1.55. The molecule has 1 saturated heterocycles. The van der Waals surface area contributed by atoms with E-state index in [1.54, 1.807) is 17.7 Å². The molecule has 0 spiro atoms. The number of nitrogens with two attached hydrogens (primary N) is 1. The molecular weight excluding hydrogens is 342 g/mol. The van der Waals surface area contributed by atoms with E-state index >= 15 is 0 Å². The topological polar surface area (TPSA) is 58.3 Å². The largest absolute Gasteiger partial charge is 0.353 e. The fourth-order valence-electron chi connectivity index (χ4n) is 3.08. The van der Waals surface area contributed by atoms with Crippen LogP contribution in [0.1, 0.15) is 11.7 Å². The summed E-state index contributed by atoms with van der Waals surface area (Å²) >= 11 is 7.65. The lowest BCUT2D eigenvalue weighted by Crippen LogP contribution is -2.49. The summed E-state index contributed by atoms with van der Waals surface area (Å²) in [5, 5.41) is 2.80. The van der Waals surface area contributed by atoms with E-state index in [0.29, 0.717) is 0 Å². The van der Waals surface area contributed by atoms with Crippen LogP contribution in [0.25, 0.3) is 10.2 Å². The first kappa shape index (κ1) is 15.8. The highest BCUT2D eigenvalue weighted by molar-refractivity contribution is 7.17. The van der Waals surface area contributed by atoms with Crippen LogP contribution in [0.3, 0.4) is 0 Å². The van der Waals surface area contributed by atoms with Crippen molar-refractivity contribution < 1.29 is 0 Å². The van der Waals surface area contributed by atoms with Gasteiger partial charge in [0.25, 0.3) is 0 Å². The van der Waals surface area contributed by atoms with Crippen LogP contribution >= 0.6 is 22.9 Å². The van der Waals surface area contributed by atoms with Crippen LogP contribution in [0.2, 0.25) is 5.02 Å². The summed E-state index contributed by atoms with van der Waals surface area (Å²) in [7, 11) is 0. The quantitative estimate of drug-likeness (QED) is 0.778. The fourth-order valence-corrected chi connectivity index (χ4v) is 4.07. The number of benzene rings is 1. The minimum absolute atomic E-state index is 0.100. The third-order valence-electron chi connectivity index (χ3n) is 4.44. The maximum absolute atomic E-state index is 6.42. The molecule has 3 heterocycles. The zero-order chi connectivity index (χ0) is 16.5. The molecule has 1 aromatic carbocycles. The van der Waals surface area contributed by atoms with Crippen LogP contribution < -0.4 is 10.6 Å². The first-order valence-corrected chi connectivity index (χ1v) is 9.16. The minimum Gasteiger partial charge on any atom is -0.353 e.